The predicted octanol–water partition coefficient (Wildman–Crippen LogP) is 5.01. The van der Waals surface area contributed by atoms with Gasteiger partial charge < -0.3 is 39.2 Å². The van der Waals surface area contributed by atoms with E-state index in [0.29, 0.717) is 16.7 Å². The van der Waals surface area contributed by atoms with Crippen molar-refractivity contribution in [2.45, 2.75) is 110 Å². The van der Waals surface area contributed by atoms with Crippen LogP contribution in [-0.2, 0) is 42.9 Å². The summed E-state index contributed by atoms with van der Waals surface area (Å²) in [6, 6.07) is 23.6. The maximum absolute atomic E-state index is 15.6. The molecule has 3 N–H and O–H groups in total. The van der Waals surface area contributed by atoms with E-state index in [1.807, 2.05) is 13.8 Å². The van der Waals surface area contributed by atoms with Crippen LogP contribution in [0.5, 0.6) is 0 Å². The van der Waals surface area contributed by atoms with Crippen molar-refractivity contribution in [2.24, 2.45) is 22.2 Å². The van der Waals surface area contributed by atoms with E-state index in [0.717, 1.165) is 6.92 Å². The molecule has 1 heterocycles. The van der Waals surface area contributed by atoms with Crippen LogP contribution in [0.3, 0.4) is 0 Å². The molecule has 3 aromatic rings. The molecule has 11 atom stereocenters. The number of esters is 4. The fourth-order valence-corrected chi connectivity index (χ4v) is 10.5. The Morgan fingerprint density at radius 2 is 1.39 bits per heavy atom. The third-order valence-corrected chi connectivity index (χ3v) is 14.1. The topological polar surface area (TPSA) is 201 Å². The van der Waals surface area contributed by atoms with E-state index in [2.05, 4.69) is 5.32 Å². The molecule has 1 saturated heterocycles. The van der Waals surface area contributed by atoms with Gasteiger partial charge in [0.1, 0.15) is 18.3 Å². The Labute approximate surface area is 359 Å². The number of ether oxygens (including phenoxy) is 5. The van der Waals surface area contributed by atoms with Gasteiger partial charge in [0.2, 0.25) is 0 Å². The van der Waals surface area contributed by atoms with E-state index in [4.69, 9.17) is 23.7 Å². The summed E-state index contributed by atoms with van der Waals surface area (Å²) in [4.78, 5) is 83.9. The molecule has 1 aliphatic heterocycles. The first kappa shape index (κ1) is 44.4. The van der Waals surface area contributed by atoms with Crippen molar-refractivity contribution in [1.29, 1.82) is 0 Å². The van der Waals surface area contributed by atoms with Gasteiger partial charge in [-0.15, -0.1) is 0 Å². The molecule has 1 amide bonds. The highest BCUT2D eigenvalue weighted by molar-refractivity contribution is 5.96. The van der Waals surface area contributed by atoms with Crippen molar-refractivity contribution < 1.29 is 62.7 Å². The zero-order valence-corrected chi connectivity index (χ0v) is 35.8. The predicted molar refractivity (Wildman–Crippen MR) is 221 cm³/mol. The maximum Gasteiger partial charge on any atom is 0.338 e. The molecular weight excluding hydrogens is 799 g/mol. The van der Waals surface area contributed by atoms with Crippen LogP contribution in [0.2, 0.25) is 0 Å². The number of hydrogen-bond acceptors (Lipinski definition) is 13. The number of carbonyl (C=O) groups is 6. The third kappa shape index (κ3) is 7.31. The highest BCUT2D eigenvalue weighted by Crippen LogP contribution is 2.67. The van der Waals surface area contributed by atoms with Gasteiger partial charge in [-0.1, -0.05) is 87.5 Å². The van der Waals surface area contributed by atoms with Crippen molar-refractivity contribution in [1.82, 2.24) is 5.32 Å². The summed E-state index contributed by atoms with van der Waals surface area (Å²) < 4.78 is 31.0. The standard InChI is InChI=1S/C48H53NO13/c1-26-32(60-44(57)37(53)36(29-17-11-8-12-18-29)49-42(55)30-19-13-9-14-20-30)24-46(6)41(61-43(56)31-21-15-10-16-22-31)39-47(7,33(52)23-34-48(39,25-58-34)62-28(3)51)40(54)38(59-27(2)50)35(26)45(46,4)5/h8-22,32-34,36-39,41,52-53H,23-25H2,1-7H3,(H,49,55)/t32-,33-,34+,36-,37+,38?,39-,41-,46-,47+,48?/m0/s1. The number of aliphatic hydroxyl groups excluding tert-OH is 2. The minimum absolute atomic E-state index is 0.0990. The number of Topliss-reactive ketones (excluding diaryl/α,β-unsaturated/α-hetero) is 1. The molecule has 3 fully saturated rings. The summed E-state index contributed by atoms with van der Waals surface area (Å²) in [6.45, 7) is 10.7. The summed E-state index contributed by atoms with van der Waals surface area (Å²) in [5.41, 5.74) is -4.65. The number of hydrogen-bond donors (Lipinski definition) is 3. The van der Waals surface area contributed by atoms with Crippen molar-refractivity contribution in [3.05, 3.63) is 119 Å². The Morgan fingerprint density at radius 3 is 1.94 bits per heavy atom. The highest BCUT2D eigenvalue weighted by Gasteiger charge is 2.77. The number of rotatable bonds is 10. The lowest BCUT2D eigenvalue weighted by Gasteiger charge is -2.68. The average Bonchev–Trinajstić information content (AvgIpc) is 3.24. The summed E-state index contributed by atoms with van der Waals surface area (Å²) in [7, 11) is 0. The first-order valence-electron chi connectivity index (χ1n) is 20.7. The second kappa shape index (κ2) is 16.5. The van der Waals surface area contributed by atoms with Crippen LogP contribution in [0.25, 0.3) is 0 Å². The van der Waals surface area contributed by atoms with Crippen LogP contribution in [0.4, 0.5) is 0 Å². The normalized spacial score (nSPS) is 31.9. The third-order valence-electron chi connectivity index (χ3n) is 14.1. The molecule has 328 valence electrons. The molecule has 4 aliphatic rings. The largest absolute Gasteiger partial charge is 0.458 e. The fraction of sp³-hybridized carbons (Fsp3) is 0.458. The molecule has 2 unspecified atom stereocenters. The van der Waals surface area contributed by atoms with Gasteiger partial charge in [-0.05, 0) is 66.7 Å². The van der Waals surface area contributed by atoms with Gasteiger partial charge in [-0.3, -0.25) is 19.2 Å². The Morgan fingerprint density at radius 1 is 0.806 bits per heavy atom. The molecule has 3 aliphatic carbocycles. The van der Waals surface area contributed by atoms with E-state index < -0.39 is 106 Å². The summed E-state index contributed by atoms with van der Waals surface area (Å²) in [6.07, 6.45) is -8.83. The van der Waals surface area contributed by atoms with Crippen LogP contribution in [-0.4, -0.2) is 94.6 Å². The summed E-state index contributed by atoms with van der Waals surface area (Å²) in [5, 5.41) is 26.7. The van der Waals surface area contributed by atoms with E-state index in [1.54, 1.807) is 105 Å². The highest BCUT2D eigenvalue weighted by atomic mass is 16.6. The maximum atomic E-state index is 15.6. The van der Waals surface area contributed by atoms with Crippen molar-refractivity contribution in [2.75, 3.05) is 6.61 Å². The van der Waals surface area contributed by atoms with E-state index in [1.165, 1.54) is 13.8 Å². The smallest absolute Gasteiger partial charge is 0.338 e. The Kier molecular flexibility index (Phi) is 11.8. The van der Waals surface area contributed by atoms with E-state index in [-0.39, 0.29) is 30.6 Å². The molecule has 62 heavy (non-hydrogen) atoms. The van der Waals surface area contributed by atoms with Crippen LogP contribution in [0.1, 0.15) is 93.6 Å². The Bertz CT molecular complexity index is 2280. The van der Waals surface area contributed by atoms with E-state index >= 15 is 4.79 Å². The Balaban J connectivity index is 1.39. The zero-order chi connectivity index (χ0) is 44.9. The van der Waals surface area contributed by atoms with Crippen molar-refractivity contribution in [3.8, 4) is 0 Å². The average molecular weight is 852 g/mol. The summed E-state index contributed by atoms with van der Waals surface area (Å²) >= 11 is 0. The lowest BCUT2D eigenvalue weighted by Crippen LogP contribution is -2.80. The van der Waals surface area contributed by atoms with Crippen molar-refractivity contribution >= 4 is 35.6 Å². The number of amides is 1. The number of aliphatic hydroxyl groups is 2. The van der Waals surface area contributed by atoms with Gasteiger partial charge in [0.05, 0.1) is 35.6 Å². The molecule has 7 rings (SSSR count). The minimum Gasteiger partial charge on any atom is -0.458 e. The molecule has 0 radical (unpaired) electrons. The van der Waals surface area contributed by atoms with Gasteiger partial charge in [0.25, 0.3) is 5.91 Å². The first-order valence-corrected chi connectivity index (χ1v) is 20.7. The lowest BCUT2D eigenvalue weighted by molar-refractivity contribution is -0.340. The van der Waals surface area contributed by atoms with Gasteiger partial charge >= 0.3 is 23.9 Å². The molecule has 0 spiro atoms. The van der Waals surface area contributed by atoms with Gasteiger partial charge in [-0.25, -0.2) is 9.59 Å². The molecule has 0 aromatic heterocycles. The quantitative estimate of drug-likeness (QED) is 0.140. The van der Waals surface area contributed by atoms with Gasteiger partial charge in [-0.2, -0.15) is 0 Å². The number of ketones is 1. The molecule has 14 nitrogen and oxygen atoms in total. The molecule has 14 heteroatoms. The SMILES string of the molecule is CC(=O)OC1C(=O)[C@@]2(C)[C@H]([C@H](OC(=O)c3ccccc3)[C@]3(C)C[C@H](OC(=O)[C@H](O)[C@@H](NC(=O)c4ccccc4)c4ccccc4)C(C)=C1C3(C)C)C1(OC(C)=O)CO[C@@H]1C[C@@H]2O. The molecule has 2 bridgehead atoms. The number of nitrogens with one attached hydrogen (secondary N) is 1. The van der Waals surface area contributed by atoms with Gasteiger partial charge in [0.15, 0.2) is 23.6 Å². The number of carbonyl (C=O) groups excluding carboxylic acids is 6. The molecular formula is C48H53NO13. The monoisotopic (exact) mass is 851 g/mol. The minimum atomic E-state index is -1.95. The lowest BCUT2D eigenvalue weighted by atomic mass is 9.42. The fourth-order valence-electron chi connectivity index (χ4n) is 10.5. The summed E-state index contributed by atoms with van der Waals surface area (Å²) in [5.74, 6) is -6.01. The number of fused-ring (bicyclic) bond motifs is 5. The van der Waals surface area contributed by atoms with Crippen LogP contribution < -0.4 is 5.32 Å². The van der Waals surface area contributed by atoms with Crippen molar-refractivity contribution in [3.63, 3.8) is 0 Å². The van der Waals surface area contributed by atoms with Gasteiger partial charge in [0, 0.05) is 31.2 Å². The van der Waals surface area contributed by atoms with Crippen LogP contribution >= 0.6 is 0 Å². The molecule has 2 saturated carbocycles. The second-order valence-corrected chi connectivity index (χ2v) is 17.8. The molecule has 3 aromatic carbocycles. The first-order chi connectivity index (χ1) is 29.3. The Hall–Kier alpha value is -5.70. The van der Waals surface area contributed by atoms with E-state index in [9.17, 15) is 34.2 Å². The second-order valence-electron chi connectivity index (χ2n) is 17.8. The van der Waals surface area contributed by atoms with Crippen LogP contribution in [0, 0.1) is 22.2 Å². The zero-order valence-electron chi connectivity index (χ0n) is 35.8. The number of benzene rings is 3. The van der Waals surface area contributed by atoms with Crippen LogP contribution in [0.15, 0.2) is 102 Å².